The number of hydrogen-bond acceptors (Lipinski definition) is 4. The highest BCUT2D eigenvalue weighted by Crippen LogP contribution is 2.32. The number of carbonyl (C=O) groups is 1. The Bertz CT molecular complexity index is 620. The minimum absolute atomic E-state index is 0.153. The summed E-state index contributed by atoms with van der Waals surface area (Å²) in [6.07, 6.45) is 5.71. The number of sulfone groups is 1. The molecule has 1 aromatic rings. The molecule has 0 N–H and O–H groups in total. The molecule has 124 valence electrons. The fourth-order valence-electron chi connectivity index (χ4n) is 2.85. The average molecular weight is 327 g/mol. The van der Waals surface area contributed by atoms with Crippen LogP contribution in [0.25, 0.3) is 0 Å². The molecular formula is C16H25NO4S. The molecule has 0 aliphatic carbocycles. The summed E-state index contributed by atoms with van der Waals surface area (Å²) in [4.78, 5) is 14.4. The third-order valence-electron chi connectivity index (χ3n) is 4.39. The van der Waals surface area contributed by atoms with E-state index in [0.717, 1.165) is 49.9 Å². The molecule has 1 aliphatic heterocycles. The Labute approximate surface area is 132 Å². The molecule has 1 aliphatic rings. The van der Waals surface area contributed by atoms with Crippen LogP contribution >= 0.6 is 0 Å². The van der Waals surface area contributed by atoms with Crippen molar-refractivity contribution < 1.29 is 17.6 Å². The predicted molar refractivity (Wildman–Crippen MR) is 85.3 cm³/mol. The van der Waals surface area contributed by atoms with E-state index in [-0.39, 0.29) is 11.9 Å². The smallest absolute Gasteiger partial charge is 0.241 e. The van der Waals surface area contributed by atoms with E-state index in [2.05, 4.69) is 0 Å². The van der Waals surface area contributed by atoms with Crippen molar-refractivity contribution in [1.82, 2.24) is 4.90 Å². The summed E-state index contributed by atoms with van der Waals surface area (Å²) in [6.45, 7) is 4.08. The van der Waals surface area contributed by atoms with Gasteiger partial charge in [0.1, 0.15) is 16.8 Å². The molecule has 0 spiro atoms. The molecule has 2 heterocycles. The van der Waals surface area contributed by atoms with Crippen LogP contribution < -0.4 is 0 Å². The number of carbonyl (C=O) groups excluding carboxylic acids is 1. The zero-order chi connectivity index (χ0) is 16.3. The van der Waals surface area contributed by atoms with E-state index >= 15 is 0 Å². The Balaban J connectivity index is 2.29. The fourth-order valence-corrected chi connectivity index (χ4v) is 3.35. The molecule has 6 heteroatoms. The topological polar surface area (TPSA) is 67.6 Å². The molecule has 1 fully saturated rings. The van der Waals surface area contributed by atoms with Gasteiger partial charge in [0, 0.05) is 19.2 Å². The molecule has 1 saturated heterocycles. The van der Waals surface area contributed by atoms with Gasteiger partial charge < -0.3 is 9.32 Å². The first-order valence-corrected chi connectivity index (χ1v) is 9.88. The van der Waals surface area contributed by atoms with E-state index in [1.54, 1.807) is 4.90 Å². The molecule has 0 radical (unpaired) electrons. The van der Waals surface area contributed by atoms with Gasteiger partial charge in [-0.05, 0) is 31.9 Å². The van der Waals surface area contributed by atoms with Crippen LogP contribution in [0.3, 0.4) is 0 Å². The number of nitrogens with zero attached hydrogens (tertiary/aromatic N) is 1. The number of amides is 1. The Morgan fingerprint density at radius 3 is 2.68 bits per heavy atom. The summed E-state index contributed by atoms with van der Waals surface area (Å²) in [5.74, 6) is 1.35. The van der Waals surface area contributed by atoms with Crippen LogP contribution in [0.5, 0.6) is 0 Å². The van der Waals surface area contributed by atoms with Gasteiger partial charge in [0.15, 0.2) is 9.84 Å². The van der Waals surface area contributed by atoms with Gasteiger partial charge in [-0.15, -0.1) is 0 Å². The predicted octanol–water partition coefficient (Wildman–Crippen LogP) is 2.72. The summed E-state index contributed by atoms with van der Waals surface area (Å²) in [7, 11) is -3.39. The van der Waals surface area contributed by atoms with Crippen LogP contribution in [-0.4, -0.2) is 37.3 Å². The largest absolute Gasteiger partial charge is 0.464 e. The Hall–Kier alpha value is -1.30. The summed E-state index contributed by atoms with van der Waals surface area (Å²) in [5.41, 5.74) is 0. The standard InChI is InChI=1S/C16H25NO4S/c1-4-13-9-10-15(21-13)14-8-6-5-7-11-17(14)16(18)12(2)22(3,19)20/h9-10,12,14H,4-8,11H2,1-3H3/t12-,14-/m1/s1. The summed E-state index contributed by atoms with van der Waals surface area (Å²) in [6, 6.07) is 3.70. The van der Waals surface area contributed by atoms with Crippen molar-refractivity contribution in [2.45, 2.75) is 57.2 Å². The van der Waals surface area contributed by atoms with Gasteiger partial charge >= 0.3 is 0 Å². The second-order valence-electron chi connectivity index (χ2n) is 6.03. The molecule has 1 amide bonds. The van der Waals surface area contributed by atoms with Crippen molar-refractivity contribution >= 4 is 15.7 Å². The van der Waals surface area contributed by atoms with Crippen LogP contribution in [0, 0.1) is 0 Å². The van der Waals surface area contributed by atoms with Crippen LogP contribution in [0.4, 0.5) is 0 Å². The van der Waals surface area contributed by atoms with Crippen LogP contribution in [0.15, 0.2) is 16.5 Å². The van der Waals surface area contributed by atoms with Crippen LogP contribution in [0.2, 0.25) is 0 Å². The number of likely N-dealkylation sites (tertiary alicyclic amines) is 1. The fraction of sp³-hybridized carbons (Fsp3) is 0.688. The number of hydrogen-bond donors (Lipinski definition) is 0. The molecule has 1 aromatic heterocycles. The summed E-state index contributed by atoms with van der Waals surface area (Å²) in [5, 5.41) is -1.01. The minimum atomic E-state index is -3.39. The van der Waals surface area contributed by atoms with E-state index in [0.29, 0.717) is 6.54 Å². The summed E-state index contributed by atoms with van der Waals surface area (Å²) < 4.78 is 29.3. The maximum Gasteiger partial charge on any atom is 0.241 e. The second kappa shape index (κ2) is 6.86. The van der Waals surface area contributed by atoms with E-state index < -0.39 is 15.1 Å². The van der Waals surface area contributed by atoms with Crippen molar-refractivity contribution in [2.75, 3.05) is 12.8 Å². The lowest BCUT2D eigenvalue weighted by Crippen LogP contribution is -2.43. The van der Waals surface area contributed by atoms with Gasteiger partial charge in [-0.1, -0.05) is 19.8 Å². The van der Waals surface area contributed by atoms with Crippen molar-refractivity contribution in [2.24, 2.45) is 0 Å². The van der Waals surface area contributed by atoms with E-state index in [4.69, 9.17) is 4.42 Å². The Kier molecular flexibility index (Phi) is 5.32. The average Bonchev–Trinajstić information content (AvgIpc) is 2.81. The molecule has 2 rings (SSSR count). The number of furan rings is 1. The molecular weight excluding hydrogens is 302 g/mol. The number of rotatable bonds is 4. The minimum Gasteiger partial charge on any atom is -0.464 e. The highest BCUT2D eigenvalue weighted by Gasteiger charge is 2.35. The van der Waals surface area contributed by atoms with Crippen LogP contribution in [-0.2, 0) is 21.1 Å². The lowest BCUT2D eigenvalue weighted by molar-refractivity contribution is -0.133. The first-order valence-electron chi connectivity index (χ1n) is 7.92. The van der Waals surface area contributed by atoms with Gasteiger partial charge in [-0.25, -0.2) is 8.42 Å². The monoisotopic (exact) mass is 327 g/mol. The zero-order valence-electron chi connectivity index (χ0n) is 13.5. The molecule has 0 aromatic carbocycles. The first kappa shape index (κ1) is 17.1. The van der Waals surface area contributed by atoms with Crippen molar-refractivity contribution in [3.05, 3.63) is 23.7 Å². The molecule has 0 bridgehead atoms. The maximum absolute atomic E-state index is 12.7. The van der Waals surface area contributed by atoms with E-state index in [1.807, 2.05) is 19.1 Å². The SMILES string of the molecule is CCc1ccc([C@H]2CCCCCN2C(=O)[C@@H](C)S(C)(=O)=O)o1. The van der Waals surface area contributed by atoms with Crippen molar-refractivity contribution in [3.8, 4) is 0 Å². The third-order valence-corrected chi connectivity index (χ3v) is 5.87. The highest BCUT2D eigenvalue weighted by molar-refractivity contribution is 7.92. The lowest BCUT2D eigenvalue weighted by atomic mass is 10.1. The third kappa shape index (κ3) is 3.72. The molecule has 0 unspecified atom stereocenters. The Morgan fingerprint density at radius 2 is 2.09 bits per heavy atom. The van der Waals surface area contributed by atoms with Crippen molar-refractivity contribution in [1.29, 1.82) is 0 Å². The highest BCUT2D eigenvalue weighted by atomic mass is 32.2. The van der Waals surface area contributed by atoms with Gasteiger partial charge in [-0.3, -0.25) is 4.79 Å². The van der Waals surface area contributed by atoms with Gasteiger partial charge in [0.25, 0.3) is 0 Å². The van der Waals surface area contributed by atoms with E-state index in [1.165, 1.54) is 6.92 Å². The number of aryl methyl sites for hydroxylation is 1. The molecule has 5 nitrogen and oxygen atoms in total. The second-order valence-corrected chi connectivity index (χ2v) is 8.39. The van der Waals surface area contributed by atoms with Gasteiger partial charge in [0.2, 0.25) is 5.91 Å². The molecule has 22 heavy (non-hydrogen) atoms. The molecule has 2 atom stereocenters. The van der Waals surface area contributed by atoms with Gasteiger partial charge in [-0.2, -0.15) is 0 Å². The maximum atomic E-state index is 12.7. The Morgan fingerprint density at radius 1 is 1.36 bits per heavy atom. The zero-order valence-corrected chi connectivity index (χ0v) is 14.4. The van der Waals surface area contributed by atoms with Gasteiger partial charge in [0.05, 0.1) is 6.04 Å². The first-order chi connectivity index (χ1) is 10.3. The normalized spacial score (nSPS) is 21.4. The molecule has 0 saturated carbocycles. The van der Waals surface area contributed by atoms with E-state index in [9.17, 15) is 13.2 Å². The lowest BCUT2D eigenvalue weighted by Gasteiger charge is -2.30. The van der Waals surface area contributed by atoms with Crippen LogP contribution in [0.1, 0.15) is 57.1 Å². The van der Waals surface area contributed by atoms with Crippen molar-refractivity contribution in [3.63, 3.8) is 0 Å². The quantitative estimate of drug-likeness (QED) is 0.853. The summed E-state index contributed by atoms with van der Waals surface area (Å²) >= 11 is 0.